The highest BCUT2D eigenvalue weighted by Crippen LogP contribution is 2.39. The van der Waals surface area contributed by atoms with Crippen molar-refractivity contribution in [1.82, 2.24) is 4.98 Å². The summed E-state index contributed by atoms with van der Waals surface area (Å²) in [4.78, 5) is 30.7. The maximum absolute atomic E-state index is 12.2. The van der Waals surface area contributed by atoms with E-state index in [0.717, 1.165) is 28.4 Å². The number of rotatable bonds is 2. The number of fused-ring (bicyclic) bond motifs is 1. The van der Waals surface area contributed by atoms with Crippen molar-refractivity contribution in [3.05, 3.63) is 10.6 Å². The van der Waals surface area contributed by atoms with Crippen molar-refractivity contribution in [1.29, 1.82) is 0 Å². The lowest BCUT2D eigenvalue weighted by molar-refractivity contribution is -0.111. The Morgan fingerprint density at radius 1 is 1.45 bits per heavy atom. The van der Waals surface area contributed by atoms with E-state index in [9.17, 15) is 9.59 Å². The highest BCUT2D eigenvalue weighted by atomic mass is 32.1. The normalized spacial score (nSPS) is 25.4. The van der Waals surface area contributed by atoms with Gasteiger partial charge in [0.2, 0.25) is 0 Å². The molecule has 1 unspecified atom stereocenters. The molecule has 0 spiro atoms. The summed E-state index contributed by atoms with van der Waals surface area (Å²) in [6.07, 6.45) is 2.29. The van der Waals surface area contributed by atoms with Crippen molar-refractivity contribution in [2.75, 3.05) is 24.7 Å². The summed E-state index contributed by atoms with van der Waals surface area (Å²) in [6.45, 7) is 5.82. The van der Waals surface area contributed by atoms with Crippen LogP contribution in [-0.4, -0.2) is 42.9 Å². The number of aldehydes is 1. The summed E-state index contributed by atoms with van der Waals surface area (Å²) in [6, 6.07) is -0.292. The van der Waals surface area contributed by atoms with Gasteiger partial charge in [0.1, 0.15) is 12.3 Å². The number of hydrogen-bond acceptors (Lipinski definition) is 6. The summed E-state index contributed by atoms with van der Waals surface area (Å²) in [5.41, 5.74) is 0.868. The van der Waals surface area contributed by atoms with E-state index < -0.39 is 0 Å². The van der Waals surface area contributed by atoms with Crippen molar-refractivity contribution < 1.29 is 14.3 Å². The lowest BCUT2D eigenvalue weighted by Crippen LogP contribution is -2.46. The van der Waals surface area contributed by atoms with Gasteiger partial charge >= 0.3 is 0 Å². The third kappa shape index (κ3) is 2.38. The van der Waals surface area contributed by atoms with Gasteiger partial charge in [0.05, 0.1) is 23.8 Å². The largest absolute Gasteiger partial charge is 0.377 e. The Kier molecular flexibility index (Phi) is 3.38. The summed E-state index contributed by atoms with van der Waals surface area (Å²) < 4.78 is 5.32. The highest BCUT2D eigenvalue weighted by Gasteiger charge is 2.35. The van der Waals surface area contributed by atoms with Gasteiger partial charge < -0.3 is 14.4 Å². The van der Waals surface area contributed by atoms with E-state index in [1.165, 1.54) is 11.3 Å². The van der Waals surface area contributed by atoms with Gasteiger partial charge in [-0.2, -0.15) is 0 Å². The Bertz CT molecular complexity index is 553. The lowest BCUT2D eigenvalue weighted by atomic mass is 9.78. The first-order valence-corrected chi connectivity index (χ1v) is 7.64. The van der Waals surface area contributed by atoms with Crippen molar-refractivity contribution in [3.63, 3.8) is 0 Å². The molecule has 1 aromatic rings. The molecule has 0 saturated carbocycles. The van der Waals surface area contributed by atoms with Crippen molar-refractivity contribution in [2.24, 2.45) is 5.41 Å². The van der Waals surface area contributed by atoms with Crippen LogP contribution in [0.1, 0.15) is 35.6 Å². The molecule has 0 radical (unpaired) electrons. The SMILES string of the molecule is CC1(C)CC(=O)c2sc(N3CCOCC3C=O)nc2C1. The predicted octanol–water partition coefficient (Wildman–Crippen LogP) is 1.70. The van der Waals surface area contributed by atoms with Gasteiger partial charge in [0.25, 0.3) is 0 Å². The van der Waals surface area contributed by atoms with E-state index >= 15 is 0 Å². The van der Waals surface area contributed by atoms with E-state index in [-0.39, 0.29) is 17.2 Å². The Hall–Kier alpha value is -1.27. The number of ketones is 1. The number of carbonyl (C=O) groups excluding carboxylic acids is 2. The predicted molar refractivity (Wildman–Crippen MR) is 76.6 cm³/mol. The van der Waals surface area contributed by atoms with E-state index in [4.69, 9.17) is 4.74 Å². The molecule has 2 heterocycles. The number of carbonyl (C=O) groups is 2. The molecule has 0 N–H and O–H groups in total. The molecule has 0 amide bonds. The minimum Gasteiger partial charge on any atom is -0.377 e. The first-order valence-electron chi connectivity index (χ1n) is 6.83. The highest BCUT2D eigenvalue weighted by molar-refractivity contribution is 7.17. The monoisotopic (exact) mass is 294 g/mol. The van der Waals surface area contributed by atoms with E-state index in [0.29, 0.717) is 26.2 Å². The fourth-order valence-electron chi connectivity index (χ4n) is 2.80. The number of nitrogens with zero attached hydrogens (tertiary/aromatic N) is 2. The summed E-state index contributed by atoms with van der Waals surface area (Å²) in [5, 5.41) is 0.779. The molecule has 1 saturated heterocycles. The molecular weight excluding hydrogens is 276 g/mol. The first-order chi connectivity index (χ1) is 9.50. The van der Waals surface area contributed by atoms with Gasteiger partial charge in [0, 0.05) is 13.0 Å². The maximum atomic E-state index is 12.2. The minimum atomic E-state index is -0.292. The van der Waals surface area contributed by atoms with E-state index in [1.54, 1.807) is 0 Å². The van der Waals surface area contributed by atoms with E-state index in [2.05, 4.69) is 18.8 Å². The third-order valence-corrected chi connectivity index (χ3v) is 4.97. The van der Waals surface area contributed by atoms with Crippen LogP contribution in [0, 0.1) is 5.41 Å². The van der Waals surface area contributed by atoms with Crippen LogP contribution in [0.5, 0.6) is 0 Å². The summed E-state index contributed by atoms with van der Waals surface area (Å²) >= 11 is 1.42. The zero-order valence-corrected chi connectivity index (χ0v) is 12.5. The second-order valence-electron chi connectivity index (χ2n) is 6.18. The second kappa shape index (κ2) is 4.93. The van der Waals surface area contributed by atoms with Crippen LogP contribution in [0.2, 0.25) is 0 Å². The molecule has 108 valence electrons. The van der Waals surface area contributed by atoms with Crippen molar-refractivity contribution in [3.8, 4) is 0 Å². The molecule has 1 fully saturated rings. The fourth-order valence-corrected chi connectivity index (χ4v) is 3.91. The number of thiazole rings is 1. The summed E-state index contributed by atoms with van der Waals surface area (Å²) in [7, 11) is 0. The zero-order chi connectivity index (χ0) is 14.3. The maximum Gasteiger partial charge on any atom is 0.186 e. The second-order valence-corrected chi connectivity index (χ2v) is 7.16. The van der Waals surface area contributed by atoms with Gasteiger partial charge in [-0.3, -0.25) is 4.79 Å². The van der Waals surface area contributed by atoms with Gasteiger partial charge in [-0.25, -0.2) is 4.98 Å². The van der Waals surface area contributed by atoms with Crippen LogP contribution >= 0.6 is 11.3 Å². The Morgan fingerprint density at radius 3 is 3.00 bits per heavy atom. The molecule has 6 heteroatoms. The average molecular weight is 294 g/mol. The quantitative estimate of drug-likeness (QED) is 0.777. The molecule has 5 nitrogen and oxygen atoms in total. The van der Waals surface area contributed by atoms with Crippen LogP contribution in [0.4, 0.5) is 5.13 Å². The van der Waals surface area contributed by atoms with Gasteiger partial charge in [0.15, 0.2) is 10.9 Å². The summed E-state index contributed by atoms with van der Waals surface area (Å²) in [5.74, 6) is 0.177. The molecule has 1 atom stereocenters. The first kappa shape index (κ1) is 13.7. The van der Waals surface area contributed by atoms with Gasteiger partial charge in [-0.05, 0) is 11.8 Å². The topological polar surface area (TPSA) is 59.5 Å². The van der Waals surface area contributed by atoms with Crippen LogP contribution in [0.25, 0.3) is 0 Å². The van der Waals surface area contributed by atoms with Crippen LogP contribution in [0.15, 0.2) is 0 Å². The van der Waals surface area contributed by atoms with Crippen molar-refractivity contribution >= 4 is 28.5 Å². The molecule has 1 aliphatic heterocycles. The smallest absolute Gasteiger partial charge is 0.186 e. The number of hydrogen-bond donors (Lipinski definition) is 0. The zero-order valence-electron chi connectivity index (χ0n) is 11.7. The number of ether oxygens (including phenoxy) is 1. The number of morpholine rings is 1. The average Bonchev–Trinajstić information content (AvgIpc) is 2.81. The number of aromatic nitrogens is 1. The lowest BCUT2D eigenvalue weighted by Gasteiger charge is -2.31. The molecular formula is C14H18N2O3S. The number of anilines is 1. The molecule has 1 aliphatic carbocycles. The van der Waals surface area contributed by atoms with Gasteiger partial charge in [-0.15, -0.1) is 0 Å². The minimum absolute atomic E-state index is 0.0233. The van der Waals surface area contributed by atoms with Crippen LogP contribution < -0.4 is 4.90 Å². The Balaban J connectivity index is 1.93. The molecule has 0 aromatic carbocycles. The van der Waals surface area contributed by atoms with Gasteiger partial charge in [-0.1, -0.05) is 25.2 Å². The third-order valence-electron chi connectivity index (χ3n) is 3.79. The van der Waals surface area contributed by atoms with Crippen LogP contribution in [0.3, 0.4) is 0 Å². The van der Waals surface area contributed by atoms with Crippen molar-refractivity contribution in [2.45, 2.75) is 32.7 Å². The standard InChI is InChI=1S/C14H18N2O3S/c1-14(2)5-10-12(11(18)6-14)20-13(15-10)16-3-4-19-8-9(16)7-17/h7,9H,3-6,8H2,1-2H3. The fraction of sp³-hybridized carbons (Fsp3) is 0.643. The molecule has 1 aromatic heterocycles. The molecule has 3 rings (SSSR count). The molecule has 2 aliphatic rings. The Labute approximate surface area is 121 Å². The molecule has 20 heavy (non-hydrogen) atoms. The number of Topliss-reactive ketones (excluding diaryl/α,β-unsaturated/α-hetero) is 1. The van der Waals surface area contributed by atoms with E-state index in [1.807, 2.05) is 4.90 Å². The molecule has 0 bridgehead atoms. The van der Waals surface area contributed by atoms with Crippen LogP contribution in [-0.2, 0) is 16.0 Å². The Morgan fingerprint density at radius 2 is 2.25 bits per heavy atom.